The number of morpholine rings is 1. The molecule has 2 unspecified atom stereocenters. The van der Waals surface area contributed by atoms with Crippen LogP contribution in [0.25, 0.3) is 10.9 Å². The molecule has 4 aromatic rings. The molecule has 0 radical (unpaired) electrons. The van der Waals surface area contributed by atoms with Gasteiger partial charge in [0.05, 0.1) is 18.4 Å². The van der Waals surface area contributed by atoms with E-state index in [4.69, 9.17) is 4.74 Å². The lowest BCUT2D eigenvalue weighted by Gasteiger charge is -2.42. The Morgan fingerprint density at radius 2 is 2.19 bits per heavy atom. The number of nitrogens with one attached hydrogen (secondary N) is 1. The van der Waals surface area contributed by atoms with Gasteiger partial charge in [0.2, 0.25) is 0 Å². The summed E-state index contributed by atoms with van der Waals surface area (Å²) in [5.41, 5.74) is 3.68. The van der Waals surface area contributed by atoms with Crippen molar-refractivity contribution in [2.75, 3.05) is 26.7 Å². The second-order valence-corrected chi connectivity index (χ2v) is 8.07. The topological polar surface area (TPSA) is 70.2 Å². The molecule has 0 spiro atoms. The van der Waals surface area contributed by atoms with Crippen LogP contribution in [0.5, 0.6) is 0 Å². The molecule has 164 valence electrons. The number of benzene rings is 1. The van der Waals surface area contributed by atoms with Crippen LogP contribution in [0, 0.1) is 5.82 Å². The Morgan fingerprint density at radius 3 is 3.00 bits per heavy atom. The molecule has 2 atom stereocenters. The van der Waals surface area contributed by atoms with Crippen molar-refractivity contribution in [3.63, 3.8) is 0 Å². The molecule has 1 aromatic carbocycles. The second-order valence-electron chi connectivity index (χ2n) is 8.07. The van der Waals surface area contributed by atoms with Crippen LogP contribution in [-0.4, -0.2) is 56.5 Å². The molecule has 3 aromatic heterocycles. The molecule has 0 amide bonds. The molecule has 0 aliphatic carbocycles. The Kier molecular flexibility index (Phi) is 5.89. The molecule has 8 heteroatoms. The minimum atomic E-state index is -0.267. The number of aromatic amines is 1. The zero-order chi connectivity index (χ0) is 21.9. The largest absolute Gasteiger partial charge is 0.371 e. The minimum absolute atomic E-state index is 0.0834. The summed E-state index contributed by atoms with van der Waals surface area (Å²) in [5, 5.41) is 0.987. The summed E-state index contributed by atoms with van der Waals surface area (Å²) < 4.78 is 20.4. The van der Waals surface area contributed by atoms with Gasteiger partial charge in [-0.1, -0.05) is 6.07 Å². The van der Waals surface area contributed by atoms with E-state index in [0.29, 0.717) is 19.7 Å². The molecule has 1 aliphatic heterocycles. The zero-order valence-corrected chi connectivity index (χ0v) is 17.9. The fourth-order valence-electron chi connectivity index (χ4n) is 4.52. The summed E-state index contributed by atoms with van der Waals surface area (Å²) >= 11 is 0. The van der Waals surface area contributed by atoms with Gasteiger partial charge in [-0.15, -0.1) is 0 Å². The molecule has 5 rings (SSSR count). The van der Waals surface area contributed by atoms with E-state index in [-0.39, 0.29) is 18.1 Å². The minimum Gasteiger partial charge on any atom is -0.371 e. The van der Waals surface area contributed by atoms with Gasteiger partial charge in [0.25, 0.3) is 0 Å². The number of H-pyrrole nitrogens is 1. The Morgan fingerprint density at radius 1 is 1.25 bits per heavy atom. The van der Waals surface area contributed by atoms with Crippen LogP contribution in [-0.2, 0) is 11.3 Å². The number of hydrogen-bond acceptors (Lipinski definition) is 6. The number of nitrogens with zero attached hydrogens (tertiary/aromatic N) is 5. The fourth-order valence-corrected chi connectivity index (χ4v) is 4.52. The first-order valence-corrected chi connectivity index (χ1v) is 10.7. The van der Waals surface area contributed by atoms with Gasteiger partial charge >= 0.3 is 0 Å². The Bertz CT molecular complexity index is 1170. The van der Waals surface area contributed by atoms with Gasteiger partial charge in [0.1, 0.15) is 18.3 Å². The first-order chi connectivity index (χ1) is 15.7. The maximum Gasteiger partial charge on any atom is 0.125 e. The normalized spacial score (nSPS) is 18.3. The number of rotatable bonds is 6. The van der Waals surface area contributed by atoms with Crippen LogP contribution in [0.3, 0.4) is 0 Å². The van der Waals surface area contributed by atoms with E-state index in [1.807, 2.05) is 30.6 Å². The Hall–Kier alpha value is -3.20. The van der Waals surface area contributed by atoms with Crippen molar-refractivity contribution in [3.05, 3.63) is 90.2 Å². The van der Waals surface area contributed by atoms with Crippen molar-refractivity contribution in [3.8, 4) is 0 Å². The van der Waals surface area contributed by atoms with Gasteiger partial charge in [0, 0.05) is 55.3 Å². The van der Waals surface area contributed by atoms with Gasteiger partial charge in [-0.25, -0.2) is 14.4 Å². The summed E-state index contributed by atoms with van der Waals surface area (Å²) in [6, 6.07) is 11.0. The van der Waals surface area contributed by atoms with E-state index in [0.717, 1.165) is 34.3 Å². The number of pyridine rings is 1. The van der Waals surface area contributed by atoms with Crippen LogP contribution < -0.4 is 0 Å². The number of hydrogen-bond donors (Lipinski definition) is 1. The van der Waals surface area contributed by atoms with E-state index < -0.39 is 0 Å². The first-order valence-electron chi connectivity index (χ1n) is 10.7. The van der Waals surface area contributed by atoms with Crippen LogP contribution >= 0.6 is 0 Å². The van der Waals surface area contributed by atoms with Crippen molar-refractivity contribution in [2.24, 2.45) is 0 Å². The lowest BCUT2D eigenvalue weighted by Crippen LogP contribution is -2.46. The quantitative estimate of drug-likeness (QED) is 0.501. The maximum absolute atomic E-state index is 14.3. The van der Waals surface area contributed by atoms with E-state index >= 15 is 0 Å². The van der Waals surface area contributed by atoms with E-state index in [1.165, 1.54) is 6.07 Å². The first kappa shape index (κ1) is 20.7. The fraction of sp³-hybridized carbons (Fsp3) is 0.292. The lowest BCUT2D eigenvalue weighted by atomic mass is 10.0. The van der Waals surface area contributed by atoms with Crippen molar-refractivity contribution < 1.29 is 9.13 Å². The van der Waals surface area contributed by atoms with Gasteiger partial charge < -0.3 is 9.72 Å². The second kappa shape index (κ2) is 9.12. The highest BCUT2D eigenvalue weighted by molar-refractivity contribution is 5.83. The number of aromatic nitrogens is 4. The standard InChI is InChI=1S/C24H25FN6O/c1-30(14-17-3-2-6-26-13-17)24(21-5-7-27-16-29-21)31-9-10-32-23(15-31)20-11-18(25)12-22-19(20)4-8-28-22/h2-8,11-13,16,23-24,28H,9-10,14-15H2,1H3. The smallest absolute Gasteiger partial charge is 0.125 e. The molecule has 1 saturated heterocycles. The Balaban J connectivity index is 1.45. The van der Waals surface area contributed by atoms with Crippen LogP contribution in [0.1, 0.15) is 29.1 Å². The molecular formula is C24H25FN6O. The highest BCUT2D eigenvalue weighted by Crippen LogP contribution is 2.34. The molecule has 32 heavy (non-hydrogen) atoms. The number of ether oxygens (including phenoxy) is 1. The molecule has 7 nitrogen and oxygen atoms in total. The predicted octanol–water partition coefficient (Wildman–Crippen LogP) is 3.70. The lowest BCUT2D eigenvalue weighted by molar-refractivity contribution is -0.0755. The molecule has 4 heterocycles. The third kappa shape index (κ3) is 4.25. The molecule has 0 bridgehead atoms. The van der Waals surface area contributed by atoms with E-state index in [2.05, 4.69) is 42.8 Å². The van der Waals surface area contributed by atoms with Gasteiger partial charge in [-0.2, -0.15) is 0 Å². The van der Waals surface area contributed by atoms with Crippen molar-refractivity contribution >= 4 is 10.9 Å². The van der Waals surface area contributed by atoms with Crippen LogP contribution in [0.4, 0.5) is 4.39 Å². The van der Waals surface area contributed by atoms with E-state index in [9.17, 15) is 4.39 Å². The van der Waals surface area contributed by atoms with Crippen molar-refractivity contribution in [1.82, 2.24) is 29.7 Å². The average Bonchev–Trinajstić information content (AvgIpc) is 3.29. The summed E-state index contributed by atoms with van der Waals surface area (Å²) in [6.07, 6.45) is 8.51. The molecule has 0 saturated carbocycles. The summed E-state index contributed by atoms with van der Waals surface area (Å²) in [4.78, 5) is 20.6. The SMILES string of the molecule is CN(Cc1cccnc1)C(c1ccncn1)N1CCOC(c2cc(F)cc3[nH]ccc23)C1. The molecule has 1 N–H and O–H groups in total. The van der Waals surface area contributed by atoms with E-state index in [1.54, 1.807) is 24.8 Å². The van der Waals surface area contributed by atoms with Gasteiger partial charge in [0.15, 0.2) is 0 Å². The zero-order valence-electron chi connectivity index (χ0n) is 17.9. The molecular weight excluding hydrogens is 407 g/mol. The van der Waals surface area contributed by atoms with Gasteiger partial charge in [-0.05, 0) is 48.5 Å². The maximum atomic E-state index is 14.3. The third-order valence-corrected chi connectivity index (χ3v) is 5.90. The average molecular weight is 433 g/mol. The summed E-state index contributed by atoms with van der Waals surface area (Å²) in [5.74, 6) is -0.267. The third-order valence-electron chi connectivity index (χ3n) is 5.90. The molecule has 1 aliphatic rings. The Labute approximate surface area is 185 Å². The van der Waals surface area contributed by atoms with Crippen LogP contribution in [0.2, 0.25) is 0 Å². The molecule has 1 fully saturated rings. The van der Waals surface area contributed by atoms with Crippen molar-refractivity contribution in [1.29, 1.82) is 0 Å². The number of fused-ring (bicyclic) bond motifs is 1. The van der Waals surface area contributed by atoms with Crippen molar-refractivity contribution in [2.45, 2.75) is 18.8 Å². The highest BCUT2D eigenvalue weighted by Gasteiger charge is 2.32. The summed E-state index contributed by atoms with van der Waals surface area (Å²) in [6.45, 7) is 2.63. The number of halogens is 1. The monoisotopic (exact) mass is 432 g/mol. The van der Waals surface area contributed by atoms with Gasteiger partial charge in [-0.3, -0.25) is 14.8 Å². The summed E-state index contributed by atoms with van der Waals surface area (Å²) in [7, 11) is 2.08. The highest BCUT2D eigenvalue weighted by atomic mass is 19.1. The predicted molar refractivity (Wildman–Crippen MR) is 119 cm³/mol. The van der Waals surface area contributed by atoms with Crippen LogP contribution in [0.15, 0.2) is 67.5 Å².